The van der Waals surface area contributed by atoms with E-state index in [-0.39, 0.29) is 11.8 Å². The lowest BCUT2D eigenvalue weighted by atomic mass is 10.1. The van der Waals surface area contributed by atoms with Crippen molar-refractivity contribution in [1.82, 2.24) is 4.90 Å². The molecule has 0 saturated carbocycles. The predicted molar refractivity (Wildman–Crippen MR) is 107 cm³/mol. The fourth-order valence-electron chi connectivity index (χ4n) is 3.25. The van der Waals surface area contributed by atoms with Gasteiger partial charge in [0.1, 0.15) is 5.75 Å². The molecule has 6 heteroatoms. The zero-order chi connectivity index (χ0) is 19.9. The first kappa shape index (κ1) is 19.9. The number of carbonyl (C=O) groups is 2. The van der Waals surface area contributed by atoms with Crippen molar-refractivity contribution in [3.63, 3.8) is 0 Å². The predicted octanol–water partition coefficient (Wildman–Crippen LogP) is 3.01. The van der Waals surface area contributed by atoms with E-state index < -0.39 is 6.10 Å². The molecule has 0 spiro atoms. The smallest absolute Gasteiger partial charge is 0.263 e. The number of carbonyl (C=O) groups excluding carboxylic acids is 2. The van der Waals surface area contributed by atoms with Crippen LogP contribution >= 0.6 is 0 Å². The Morgan fingerprint density at radius 1 is 1.25 bits per heavy atom. The molecule has 3 rings (SSSR count). The normalized spacial score (nSPS) is 16.1. The summed E-state index contributed by atoms with van der Waals surface area (Å²) < 4.78 is 10.9. The summed E-state index contributed by atoms with van der Waals surface area (Å²) in [5.41, 5.74) is 2.54. The van der Waals surface area contributed by atoms with Gasteiger partial charge in [0.25, 0.3) is 5.91 Å². The van der Waals surface area contributed by atoms with E-state index in [2.05, 4.69) is 5.32 Å². The van der Waals surface area contributed by atoms with Gasteiger partial charge in [-0.1, -0.05) is 30.3 Å². The van der Waals surface area contributed by atoms with E-state index in [0.29, 0.717) is 37.6 Å². The van der Waals surface area contributed by atoms with Crippen LogP contribution in [0.2, 0.25) is 0 Å². The fourth-order valence-corrected chi connectivity index (χ4v) is 3.25. The van der Waals surface area contributed by atoms with Crippen molar-refractivity contribution in [1.29, 1.82) is 0 Å². The molecule has 0 unspecified atom stereocenters. The molecular formula is C22H26N2O4. The van der Waals surface area contributed by atoms with Gasteiger partial charge in [-0.15, -0.1) is 0 Å². The van der Waals surface area contributed by atoms with Crippen molar-refractivity contribution in [2.75, 3.05) is 25.6 Å². The number of anilines is 1. The SMILES string of the molecule is COCCCN1Cc2cc(NC(=O)Cc3ccccc3)ccc2O[C@H](C)C1=O. The molecule has 1 heterocycles. The molecule has 28 heavy (non-hydrogen) atoms. The van der Waals surface area contributed by atoms with Gasteiger partial charge < -0.3 is 19.7 Å². The van der Waals surface area contributed by atoms with Crippen LogP contribution < -0.4 is 10.1 Å². The van der Waals surface area contributed by atoms with Gasteiger partial charge in [-0.2, -0.15) is 0 Å². The molecule has 1 aliphatic heterocycles. The molecule has 148 valence electrons. The Morgan fingerprint density at radius 2 is 2.04 bits per heavy atom. The molecule has 0 saturated heterocycles. The number of ether oxygens (including phenoxy) is 2. The molecular weight excluding hydrogens is 356 g/mol. The fraction of sp³-hybridized carbons (Fsp3) is 0.364. The summed E-state index contributed by atoms with van der Waals surface area (Å²) in [6.07, 6.45) is 0.535. The van der Waals surface area contributed by atoms with E-state index in [1.807, 2.05) is 42.5 Å². The van der Waals surface area contributed by atoms with E-state index in [1.165, 1.54) is 0 Å². The standard InChI is InChI=1S/C22H26N2O4/c1-16-22(26)24(11-6-12-27-2)15-18-14-19(9-10-20(18)28-16)23-21(25)13-17-7-4-3-5-8-17/h3-5,7-10,14,16H,6,11-13,15H2,1-2H3,(H,23,25)/t16-/m1/s1. The van der Waals surface area contributed by atoms with Crippen LogP contribution in [0.4, 0.5) is 5.69 Å². The lowest BCUT2D eigenvalue weighted by Crippen LogP contribution is -2.38. The van der Waals surface area contributed by atoms with E-state index in [1.54, 1.807) is 25.0 Å². The monoisotopic (exact) mass is 382 g/mol. The third-order valence-electron chi connectivity index (χ3n) is 4.65. The lowest BCUT2D eigenvalue weighted by molar-refractivity contribution is -0.137. The Hall–Kier alpha value is -2.86. The Balaban J connectivity index is 1.71. The maximum Gasteiger partial charge on any atom is 0.263 e. The highest BCUT2D eigenvalue weighted by molar-refractivity contribution is 5.92. The summed E-state index contributed by atoms with van der Waals surface area (Å²) in [6.45, 7) is 3.41. The molecule has 0 radical (unpaired) electrons. The van der Waals surface area contributed by atoms with Crippen LogP contribution in [-0.4, -0.2) is 43.1 Å². The van der Waals surface area contributed by atoms with Crippen LogP contribution in [0.3, 0.4) is 0 Å². The van der Waals surface area contributed by atoms with Gasteiger partial charge in [0.2, 0.25) is 5.91 Å². The van der Waals surface area contributed by atoms with Crippen molar-refractivity contribution in [2.24, 2.45) is 0 Å². The third-order valence-corrected chi connectivity index (χ3v) is 4.65. The molecule has 2 aromatic rings. The third kappa shape index (κ3) is 5.10. The number of methoxy groups -OCH3 is 1. The molecule has 0 bridgehead atoms. The summed E-state index contributed by atoms with van der Waals surface area (Å²) in [5, 5.41) is 2.93. The van der Waals surface area contributed by atoms with Gasteiger partial charge in [0.05, 0.1) is 6.42 Å². The minimum absolute atomic E-state index is 0.0398. The summed E-state index contributed by atoms with van der Waals surface area (Å²) in [5.74, 6) is 0.556. The Kier molecular flexibility index (Phi) is 6.66. The topological polar surface area (TPSA) is 67.9 Å². The second-order valence-electron chi connectivity index (χ2n) is 6.90. The number of hydrogen-bond acceptors (Lipinski definition) is 4. The largest absolute Gasteiger partial charge is 0.481 e. The number of rotatable bonds is 7. The van der Waals surface area contributed by atoms with E-state index >= 15 is 0 Å². The molecule has 0 aliphatic carbocycles. The molecule has 0 aromatic heterocycles. The Bertz CT molecular complexity index is 823. The van der Waals surface area contributed by atoms with Crippen LogP contribution in [0.1, 0.15) is 24.5 Å². The van der Waals surface area contributed by atoms with Crippen molar-refractivity contribution < 1.29 is 19.1 Å². The van der Waals surface area contributed by atoms with E-state index in [9.17, 15) is 9.59 Å². The van der Waals surface area contributed by atoms with Crippen molar-refractivity contribution in [3.8, 4) is 5.75 Å². The summed E-state index contributed by atoms with van der Waals surface area (Å²) in [6, 6.07) is 15.1. The molecule has 0 fully saturated rings. The zero-order valence-electron chi connectivity index (χ0n) is 16.3. The van der Waals surface area contributed by atoms with Gasteiger partial charge in [0.15, 0.2) is 6.10 Å². The van der Waals surface area contributed by atoms with Crippen molar-refractivity contribution in [3.05, 3.63) is 59.7 Å². The first-order valence-corrected chi connectivity index (χ1v) is 9.48. The minimum atomic E-state index is -0.540. The van der Waals surface area contributed by atoms with Crippen molar-refractivity contribution in [2.45, 2.75) is 32.4 Å². The van der Waals surface area contributed by atoms with Gasteiger partial charge in [0, 0.05) is 38.1 Å². The second kappa shape index (κ2) is 9.37. The number of fused-ring (bicyclic) bond motifs is 1. The quantitative estimate of drug-likeness (QED) is 0.748. The summed E-state index contributed by atoms with van der Waals surface area (Å²) >= 11 is 0. The first-order valence-electron chi connectivity index (χ1n) is 9.48. The molecule has 1 aliphatic rings. The van der Waals surface area contributed by atoms with Crippen LogP contribution in [0.25, 0.3) is 0 Å². The number of amides is 2. The number of benzene rings is 2. The van der Waals surface area contributed by atoms with Crippen LogP contribution in [0.5, 0.6) is 5.75 Å². The number of nitrogens with zero attached hydrogens (tertiary/aromatic N) is 1. The van der Waals surface area contributed by atoms with Gasteiger partial charge in [-0.3, -0.25) is 9.59 Å². The van der Waals surface area contributed by atoms with Crippen molar-refractivity contribution >= 4 is 17.5 Å². The van der Waals surface area contributed by atoms with Crippen LogP contribution in [0, 0.1) is 0 Å². The molecule has 1 atom stereocenters. The number of hydrogen-bond donors (Lipinski definition) is 1. The second-order valence-corrected chi connectivity index (χ2v) is 6.90. The van der Waals surface area contributed by atoms with Crippen LogP contribution in [0.15, 0.2) is 48.5 Å². The Labute approximate surface area is 165 Å². The highest BCUT2D eigenvalue weighted by Gasteiger charge is 2.27. The van der Waals surface area contributed by atoms with E-state index in [4.69, 9.17) is 9.47 Å². The minimum Gasteiger partial charge on any atom is -0.481 e. The van der Waals surface area contributed by atoms with Crippen LogP contribution in [-0.2, 0) is 27.3 Å². The molecule has 2 aromatic carbocycles. The highest BCUT2D eigenvalue weighted by Crippen LogP contribution is 2.28. The maximum absolute atomic E-state index is 12.6. The average Bonchev–Trinajstić information content (AvgIpc) is 2.80. The summed E-state index contributed by atoms with van der Waals surface area (Å²) in [7, 11) is 1.65. The zero-order valence-corrected chi connectivity index (χ0v) is 16.3. The molecule has 1 N–H and O–H groups in total. The van der Waals surface area contributed by atoms with Gasteiger partial charge >= 0.3 is 0 Å². The maximum atomic E-state index is 12.6. The van der Waals surface area contributed by atoms with E-state index in [0.717, 1.165) is 17.5 Å². The number of nitrogens with one attached hydrogen (secondary N) is 1. The average molecular weight is 382 g/mol. The first-order chi connectivity index (χ1) is 13.6. The van der Waals surface area contributed by atoms with Gasteiger partial charge in [-0.25, -0.2) is 0 Å². The molecule has 2 amide bonds. The van der Waals surface area contributed by atoms with Gasteiger partial charge in [-0.05, 0) is 37.1 Å². The Morgan fingerprint density at radius 3 is 2.79 bits per heavy atom. The summed E-state index contributed by atoms with van der Waals surface area (Å²) in [4.78, 5) is 26.7. The molecule has 6 nitrogen and oxygen atoms in total. The lowest BCUT2D eigenvalue weighted by Gasteiger charge is -2.22. The highest BCUT2D eigenvalue weighted by atomic mass is 16.5.